The Kier molecular flexibility index (Phi) is 5.65. The Labute approximate surface area is 144 Å². The van der Waals surface area contributed by atoms with Gasteiger partial charge in [0.15, 0.2) is 5.11 Å². The Balaban J connectivity index is 1.86. The van der Waals surface area contributed by atoms with Gasteiger partial charge in [-0.2, -0.15) is 0 Å². The van der Waals surface area contributed by atoms with Gasteiger partial charge in [-0.3, -0.25) is 25.8 Å². The van der Waals surface area contributed by atoms with E-state index in [9.17, 15) is 9.59 Å². The van der Waals surface area contributed by atoms with Gasteiger partial charge in [0.25, 0.3) is 11.8 Å². The van der Waals surface area contributed by atoms with Crippen LogP contribution in [0, 0.1) is 3.57 Å². The minimum atomic E-state index is -0.331. The highest BCUT2D eigenvalue weighted by atomic mass is 127. The Morgan fingerprint density at radius 2 is 1.81 bits per heavy atom. The average Bonchev–Trinajstić information content (AvgIpc) is 2.99. The summed E-state index contributed by atoms with van der Waals surface area (Å²) in [6.45, 7) is 0. The van der Waals surface area contributed by atoms with Crippen molar-refractivity contribution in [3.63, 3.8) is 0 Å². The zero-order chi connectivity index (χ0) is 15.2. The zero-order valence-electron chi connectivity index (χ0n) is 10.6. The summed E-state index contributed by atoms with van der Waals surface area (Å²) in [7, 11) is 0. The number of amides is 2. The molecule has 0 fully saturated rings. The Bertz CT molecular complexity index is 674. The van der Waals surface area contributed by atoms with E-state index in [-0.39, 0.29) is 16.9 Å². The van der Waals surface area contributed by atoms with Crippen molar-refractivity contribution in [2.75, 3.05) is 0 Å². The second-order valence-electron chi connectivity index (χ2n) is 3.82. The largest absolute Gasteiger partial charge is 0.298 e. The molecule has 0 atom stereocenters. The molecule has 2 amide bonds. The molecule has 0 unspecified atom stereocenters. The molecule has 0 saturated carbocycles. The molecule has 3 N–H and O–H groups in total. The lowest BCUT2D eigenvalue weighted by molar-refractivity contribution is 0.0937. The van der Waals surface area contributed by atoms with Crippen LogP contribution in [0.4, 0.5) is 0 Å². The first kappa shape index (κ1) is 15.9. The zero-order valence-corrected chi connectivity index (χ0v) is 14.3. The molecule has 5 nitrogen and oxygen atoms in total. The number of hydrazine groups is 1. The predicted octanol–water partition coefficient (Wildman–Crippen LogP) is 2.30. The van der Waals surface area contributed by atoms with Gasteiger partial charge in [-0.1, -0.05) is 18.2 Å². The molecule has 0 aliphatic carbocycles. The summed E-state index contributed by atoms with van der Waals surface area (Å²) in [6.07, 6.45) is 0. The number of carbonyl (C=O) groups is 2. The summed E-state index contributed by atoms with van der Waals surface area (Å²) in [4.78, 5) is 24.2. The summed E-state index contributed by atoms with van der Waals surface area (Å²) in [5.74, 6) is -0.640. The van der Waals surface area contributed by atoms with E-state index in [0.717, 1.165) is 3.57 Å². The van der Waals surface area contributed by atoms with Crippen molar-refractivity contribution >= 4 is 63.1 Å². The molecule has 1 heterocycles. The number of halogens is 1. The molecule has 8 heteroatoms. The molecular formula is C13H10IN3O2S2. The number of hydrogen-bond donors (Lipinski definition) is 3. The van der Waals surface area contributed by atoms with Gasteiger partial charge in [-0.25, -0.2) is 0 Å². The summed E-state index contributed by atoms with van der Waals surface area (Å²) >= 11 is 8.34. The number of nitrogens with one attached hydrogen (secondary N) is 3. The lowest BCUT2D eigenvalue weighted by Crippen LogP contribution is -2.48. The minimum Gasteiger partial charge on any atom is -0.298 e. The van der Waals surface area contributed by atoms with Gasteiger partial charge in [-0.05, 0) is 58.4 Å². The van der Waals surface area contributed by atoms with Crippen molar-refractivity contribution in [2.45, 2.75) is 0 Å². The Morgan fingerprint density at radius 1 is 1.05 bits per heavy atom. The second-order valence-corrected chi connectivity index (χ2v) is 6.34. The van der Waals surface area contributed by atoms with Crippen LogP contribution in [0.25, 0.3) is 0 Å². The van der Waals surface area contributed by atoms with Crippen LogP contribution in [0.3, 0.4) is 0 Å². The molecule has 0 radical (unpaired) electrons. The second kappa shape index (κ2) is 7.48. The smallest absolute Gasteiger partial charge is 0.279 e. The average molecular weight is 431 g/mol. The molecule has 0 spiro atoms. The van der Waals surface area contributed by atoms with Crippen LogP contribution in [0.15, 0.2) is 41.8 Å². The standard InChI is InChI=1S/C13H10IN3O2S2/c14-9-5-2-1-4-8(9)11(18)15-13(20)17-16-12(19)10-6-3-7-21-10/h1-7H,(H,16,19)(H2,15,17,18,20). The maximum absolute atomic E-state index is 12.0. The number of thiocarbonyl (C=S) groups is 1. The molecule has 21 heavy (non-hydrogen) atoms. The molecular weight excluding hydrogens is 421 g/mol. The van der Waals surface area contributed by atoms with E-state index in [1.165, 1.54) is 11.3 Å². The third-order valence-electron chi connectivity index (χ3n) is 2.38. The summed E-state index contributed by atoms with van der Waals surface area (Å²) in [5, 5.41) is 4.33. The molecule has 0 bridgehead atoms. The number of thiophene rings is 1. The third-order valence-corrected chi connectivity index (χ3v) is 4.39. The maximum atomic E-state index is 12.0. The highest BCUT2D eigenvalue weighted by molar-refractivity contribution is 14.1. The van der Waals surface area contributed by atoms with Gasteiger partial charge in [0.05, 0.1) is 10.4 Å². The molecule has 0 aliphatic rings. The van der Waals surface area contributed by atoms with E-state index in [1.54, 1.807) is 29.6 Å². The van der Waals surface area contributed by atoms with E-state index >= 15 is 0 Å². The van der Waals surface area contributed by atoms with E-state index in [0.29, 0.717) is 10.4 Å². The third kappa shape index (κ3) is 4.48. The SMILES string of the molecule is O=C(NNC(=S)NC(=O)c1ccccc1I)c1cccs1. The fourth-order valence-electron chi connectivity index (χ4n) is 1.43. The van der Waals surface area contributed by atoms with E-state index in [4.69, 9.17) is 12.2 Å². The van der Waals surface area contributed by atoms with E-state index in [2.05, 4.69) is 38.8 Å². The van der Waals surface area contributed by atoms with Crippen LogP contribution >= 0.6 is 46.1 Å². The van der Waals surface area contributed by atoms with Crippen molar-refractivity contribution in [3.05, 3.63) is 55.8 Å². The van der Waals surface area contributed by atoms with Crippen molar-refractivity contribution in [2.24, 2.45) is 0 Å². The van der Waals surface area contributed by atoms with Crippen molar-refractivity contribution in [1.82, 2.24) is 16.2 Å². The number of rotatable bonds is 2. The molecule has 0 aliphatic heterocycles. The molecule has 0 saturated heterocycles. The normalized spacial score (nSPS) is 9.76. The predicted molar refractivity (Wildman–Crippen MR) is 94.1 cm³/mol. The molecule has 1 aromatic carbocycles. The summed E-state index contributed by atoms with van der Waals surface area (Å²) < 4.78 is 0.818. The first-order chi connectivity index (χ1) is 10.1. The van der Waals surface area contributed by atoms with Crippen molar-refractivity contribution in [1.29, 1.82) is 0 Å². The maximum Gasteiger partial charge on any atom is 0.279 e. The van der Waals surface area contributed by atoms with Crippen LogP contribution in [0.1, 0.15) is 20.0 Å². The molecule has 2 rings (SSSR count). The van der Waals surface area contributed by atoms with Gasteiger partial charge in [0.2, 0.25) is 0 Å². The first-order valence-electron chi connectivity index (χ1n) is 5.77. The number of benzene rings is 1. The first-order valence-corrected chi connectivity index (χ1v) is 8.14. The fourth-order valence-corrected chi connectivity index (χ4v) is 2.82. The van der Waals surface area contributed by atoms with Gasteiger partial charge in [0.1, 0.15) is 0 Å². The molecule has 108 valence electrons. The Hall–Kier alpha value is -1.52. The van der Waals surface area contributed by atoms with Crippen molar-refractivity contribution in [3.8, 4) is 0 Å². The Morgan fingerprint density at radius 3 is 2.48 bits per heavy atom. The van der Waals surface area contributed by atoms with Crippen LogP contribution in [0.5, 0.6) is 0 Å². The molecule has 2 aromatic rings. The topological polar surface area (TPSA) is 70.2 Å². The van der Waals surface area contributed by atoms with Crippen LogP contribution in [-0.4, -0.2) is 16.9 Å². The van der Waals surface area contributed by atoms with Crippen LogP contribution < -0.4 is 16.2 Å². The summed E-state index contributed by atoms with van der Waals surface area (Å²) in [5.41, 5.74) is 5.44. The number of carbonyl (C=O) groups excluding carboxylic acids is 2. The van der Waals surface area contributed by atoms with Crippen molar-refractivity contribution < 1.29 is 9.59 Å². The van der Waals surface area contributed by atoms with E-state index < -0.39 is 0 Å². The highest BCUT2D eigenvalue weighted by Crippen LogP contribution is 2.11. The number of hydrogen-bond acceptors (Lipinski definition) is 4. The van der Waals surface area contributed by atoms with Gasteiger partial charge < -0.3 is 0 Å². The monoisotopic (exact) mass is 431 g/mol. The van der Waals surface area contributed by atoms with Crippen LogP contribution in [-0.2, 0) is 0 Å². The van der Waals surface area contributed by atoms with Crippen LogP contribution in [0.2, 0.25) is 0 Å². The highest BCUT2D eigenvalue weighted by Gasteiger charge is 2.11. The lowest BCUT2D eigenvalue weighted by Gasteiger charge is -2.10. The van der Waals surface area contributed by atoms with Gasteiger partial charge in [-0.15, -0.1) is 11.3 Å². The minimum absolute atomic E-state index is 0.0320. The van der Waals surface area contributed by atoms with Gasteiger partial charge >= 0.3 is 0 Å². The lowest BCUT2D eigenvalue weighted by atomic mass is 10.2. The van der Waals surface area contributed by atoms with Gasteiger partial charge in [0, 0.05) is 3.57 Å². The molecule has 1 aromatic heterocycles. The quantitative estimate of drug-likeness (QED) is 0.388. The van der Waals surface area contributed by atoms with E-state index in [1.807, 2.05) is 12.1 Å². The summed E-state index contributed by atoms with van der Waals surface area (Å²) in [6, 6.07) is 10.6. The fraction of sp³-hybridized carbons (Fsp3) is 0.